The van der Waals surface area contributed by atoms with Crippen molar-refractivity contribution in [3.63, 3.8) is 0 Å². The highest BCUT2D eigenvalue weighted by molar-refractivity contribution is 7.14. The lowest BCUT2D eigenvalue weighted by molar-refractivity contribution is -0.122. The third kappa shape index (κ3) is 1.57. The van der Waals surface area contributed by atoms with Crippen LogP contribution in [0.4, 0.5) is 5.13 Å². The number of carbonyl (C=O) groups excluding carboxylic acids is 2. The zero-order valence-corrected chi connectivity index (χ0v) is 14.5. The number of aromatic nitrogens is 1. The van der Waals surface area contributed by atoms with Gasteiger partial charge in [0.05, 0.1) is 11.8 Å². The molecule has 1 aliphatic heterocycles. The van der Waals surface area contributed by atoms with Crippen LogP contribution in [0, 0.1) is 11.8 Å². The molecule has 0 radical (unpaired) electrons. The van der Waals surface area contributed by atoms with Crippen LogP contribution in [0.3, 0.4) is 0 Å². The Morgan fingerprint density at radius 3 is 1.62 bits per heavy atom. The molecule has 0 saturated carbocycles. The van der Waals surface area contributed by atoms with Crippen LogP contribution < -0.4 is 4.90 Å². The van der Waals surface area contributed by atoms with Gasteiger partial charge in [0.25, 0.3) is 0 Å². The molecule has 4 aliphatic rings. The second kappa shape index (κ2) is 4.89. The van der Waals surface area contributed by atoms with Crippen molar-refractivity contribution in [2.24, 2.45) is 11.8 Å². The van der Waals surface area contributed by atoms with E-state index in [1.54, 1.807) is 11.6 Å². The third-order valence-electron chi connectivity index (χ3n) is 6.06. The number of amides is 2. The fraction of sp³-hybridized carbons (Fsp3) is 0.190. The van der Waals surface area contributed by atoms with Crippen molar-refractivity contribution in [1.82, 2.24) is 4.98 Å². The van der Waals surface area contributed by atoms with E-state index in [1.807, 2.05) is 24.3 Å². The van der Waals surface area contributed by atoms with E-state index in [-0.39, 0.29) is 35.5 Å². The zero-order valence-electron chi connectivity index (χ0n) is 13.7. The Balaban J connectivity index is 1.62. The van der Waals surface area contributed by atoms with Crippen LogP contribution in [0.25, 0.3) is 0 Å². The van der Waals surface area contributed by atoms with E-state index in [2.05, 4.69) is 29.2 Å². The number of rotatable bonds is 1. The first-order chi connectivity index (χ1) is 12.8. The van der Waals surface area contributed by atoms with Gasteiger partial charge in [-0.3, -0.25) is 9.59 Å². The molecule has 2 atom stereocenters. The van der Waals surface area contributed by atoms with Crippen molar-refractivity contribution in [1.29, 1.82) is 0 Å². The topological polar surface area (TPSA) is 50.3 Å². The lowest BCUT2D eigenvalue weighted by Crippen LogP contribution is -2.41. The predicted molar refractivity (Wildman–Crippen MR) is 98.2 cm³/mol. The molecule has 2 amide bonds. The van der Waals surface area contributed by atoms with Gasteiger partial charge in [-0.2, -0.15) is 0 Å². The normalized spacial score (nSPS) is 28.1. The van der Waals surface area contributed by atoms with Gasteiger partial charge in [-0.15, -0.1) is 11.3 Å². The monoisotopic (exact) mass is 358 g/mol. The average molecular weight is 358 g/mol. The van der Waals surface area contributed by atoms with E-state index in [9.17, 15) is 9.59 Å². The summed E-state index contributed by atoms with van der Waals surface area (Å²) in [6.07, 6.45) is 1.64. The molecule has 3 aliphatic carbocycles. The van der Waals surface area contributed by atoms with Gasteiger partial charge in [0.2, 0.25) is 11.8 Å². The van der Waals surface area contributed by atoms with Gasteiger partial charge in [-0.25, -0.2) is 9.88 Å². The molecule has 26 heavy (non-hydrogen) atoms. The molecular formula is C21H14N2O2S. The maximum absolute atomic E-state index is 13.3. The van der Waals surface area contributed by atoms with Crippen LogP contribution in [-0.4, -0.2) is 16.8 Å². The standard InChI is InChI=1S/C21H14N2O2S/c24-19-17-15-11-5-1-2-6-12(11)16(14-8-4-3-7-13(14)15)18(17)20(25)23(19)21-22-9-10-26-21/h1-10,15-18H. The molecule has 4 nitrogen and oxygen atoms in total. The Kier molecular flexibility index (Phi) is 2.70. The smallest absolute Gasteiger partial charge is 0.240 e. The Morgan fingerprint density at radius 1 is 0.769 bits per heavy atom. The summed E-state index contributed by atoms with van der Waals surface area (Å²) < 4.78 is 0. The SMILES string of the molecule is O=C1C2C3c4ccccc4C(c4ccccc43)C2C(=O)N1c1nccs1. The molecule has 7 rings (SSSR count). The lowest BCUT2D eigenvalue weighted by atomic mass is 9.55. The van der Waals surface area contributed by atoms with Gasteiger partial charge >= 0.3 is 0 Å². The molecule has 126 valence electrons. The fourth-order valence-corrected chi connectivity index (χ4v) is 5.84. The zero-order chi connectivity index (χ0) is 17.4. The van der Waals surface area contributed by atoms with Crippen molar-refractivity contribution in [2.75, 3.05) is 4.90 Å². The van der Waals surface area contributed by atoms with E-state index in [1.165, 1.54) is 38.5 Å². The van der Waals surface area contributed by atoms with Crippen LogP contribution in [0.2, 0.25) is 0 Å². The minimum Gasteiger partial charge on any atom is -0.274 e. The Hall–Kier alpha value is -2.79. The van der Waals surface area contributed by atoms with Crippen molar-refractivity contribution in [3.8, 4) is 0 Å². The van der Waals surface area contributed by atoms with Gasteiger partial charge in [-0.1, -0.05) is 48.5 Å². The van der Waals surface area contributed by atoms with Crippen molar-refractivity contribution >= 4 is 28.3 Å². The molecule has 1 saturated heterocycles. The van der Waals surface area contributed by atoms with Crippen LogP contribution in [-0.2, 0) is 9.59 Å². The molecule has 0 N–H and O–H groups in total. The van der Waals surface area contributed by atoms with E-state index in [0.29, 0.717) is 5.13 Å². The summed E-state index contributed by atoms with van der Waals surface area (Å²) in [7, 11) is 0. The number of nitrogens with zero attached hydrogens (tertiary/aromatic N) is 2. The second-order valence-electron chi connectivity index (χ2n) is 7.09. The fourth-order valence-electron chi connectivity index (χ4n) is 5.19. The first kappa shape index (κ1) is 14.4. The molecule has 2 unspecified atom stereocenters. The maximum Gasteiger partial charge on any atom is 0.240 e. The van der Waals surface area contributed by atoms with Crippen LogP contribution in [0.1, 0.15) is 34.1 Å². The van der Waals surface area contributed by atoms with Crippen molar-refractivity contribution < 1.29 is 9.59 Å². The highest BCUT2D eigenvalue weighted by Gasteiger charge is 2.62. The minimum absolute atomic E-state index is 0.0567. The molecule has 2 heterocycles. The maximum atomic E-state index is 13.3. The van der Waals surface area contributed by atoms with Crippen molar-refractivity contribution in [3.05, 3.63) is 82.4 Å². The Bertz CT molecular complexity index is 960. The summed E-state index contributed by atoms with van der Waals surface area (Å²) in [6.45, 7) is 0. The van der Waals surface area contributed by atoms with Crippen molar-refractivity contribution in [2.45, 2.75) is 11.8 Å². The van der Waals surface area contributed by atoms with Gasteiger partial charge in [0.15, 0.2) is 5.13 Å². The summed E-state index contributed by atoms with van der Waals surface area (Å²) in [5.41, 5.74) is 4.78. The third-order valence-corrected chi connectivity index (χ3v) is 6.82. The van der Waals surface area contributed by atoms with E-state index in [0.717, 1.165) is 0 Å². The summed E-state index contributed by atoms with van der Waals surface area (Å²) >= 11 is 1.34. The van der Waals surface area contributed by atoms with E-state index >= 15 is 0 Å². The number of hydrogen-bond donors (Lipinski definition) is 0. The van der Waals surface area contributed by atoms with Gasteiger partial charge in [-0.05, 0) is 22.3 Å². The van der Waals surface area contributed by atoms with E-state index < -0.39 is 0 Å². The van der Waals surface area contributed by atoms with Gasteiger partial charge in [0, 0.05) is 23.4 Å². The number of anilines is 1. The molecular weight excluding hydrogens is 344 g/mol. The Morgan fingerprint density at radius 2 is 1.23 bits per heavy atom. The van der Waals surface area contributed by atoms with Gasteiger partial charge in [0.1, 0.15) is 0 Å². The first-order valence-electron chi connectivity index (χ1n) is 8.72. The number of imide groups is 1. The second-order valence-corrected chi connectivity index (χ2v) is 7.96. The summed E-state index contributed by atoms with van der Waals surface area (Å²) in [4.78, 5) is 32.2. The molecule has 1 fully saturated rings. The molecule has 2 aromatic carbocycles. The molecule has 1 aromatic heterocycles. The molecule has 3 aromatic rings. The summed E-state index contributed by atoms with van der Waals surface area (Å²) in [5.74, 6) is -0.983. The molecule has 5 heteroatoms. The highest BCUT2D eigenvalue weighted by Crippen LogP contribution is 2.61. The number of hydrogen-bond acceptors (Lipinski definition) is 4. The van der Waals surface area contributed by atoms with Crippen LogP contribution >= 0.6 is 11.3 Å². The highest BCUT2D eigenvalue weighted by atomic mass is 32.1. The quantitative estimate of drug-likeness (QED) is 0.625. The average Bonchev–Trinajstić information content (AvgIpc) is 3.29. The van der Waals surface area contributed by atoms with Crippen LogP contribution in [0.5, 0.6) is 0 Å². The number of thiazole rings is 1. The lowest BCUT2D eigenvalue weighted by Gasteiger charge is -2.45. The predicted octanol–water partition coefficient (Wildman–Crippen LogP) is 3.54. The first-order valence-corrected chi connectivity index (χ1v) is 9.60. The molecule has 2 bridgehead atoms. The number of carbonyl (C=O) groups is 2. The summed E-state index contributed by atoms with van der Waals surface area (Å²) in [5, 5.41) is 2.29. The Labute approximate surface area is 154 Å². The van der Waals surface area contributed by atoms with Gasteiger partial charge < -0.3 is 0 Å². The van der Waals surface area contributed by atoms with E-state index in [4.69, 9.17) is 0 Å². The molecule has 0 spiro atoms. The number of benzene rings is 2. The summed E-state index contributed by atoms with van der Waals surface area (Å²) in [6, 6.07) is 16.6. The van der Waals surface area contributed by atoms with Crippen LogP contribution in [0.15, 0.2) is 60.1 Å². The largest absolute Gasteiger partial charge is 0.274 e. The minimum atomic E-state index is -0.332.